The zero-order chi connectivity index (χ0) is 14.4. The van der Waals surface area contributed by atoms with Gasteiger partial charge in [-0.1, -0.05) is 6.92 Å². The molecule has 0 saturated carbocycles. The van der Waals surface area contributed by atoms with Crippen LogP contribution in [0.2, 0.25) is 0 Å². The van der Waals surface area contributed by atoms with Crippen LogP contribution in [0.3, 0.4) is 0 Å². The maximum atomic E-state index is 11.8. The average molecular weight is 283 g/mol. The first kappa shape index (κ1) is 16.1. The van der Waals surface area contributed by atoms with Crippen LogP contribution in [0.25, 0.3) is 0 Å². The van der Waals surface area contributed by atoms with Gasteiger partial charge in [-0.15, -0.1) is 11.3 Å². The van der Waals surface area contributed by atoms with Crippen molar-refractivity contribution in [3.63, 3.8) is 0 Å². The van der Waals surface area contributed by atoms with E-state index >= 15 is 0 Å². The summed E-state index contributed by atoms with van der Waals surface area (Å²) in [4.78, 5) is 16.3. The summed E-state index contributed by atoms with van der Waals surface area (Å²) in [7, 11) is 1.95. The highest BCUT2D eigenvalue weighted by atomic mass is 32.1. The van der Waals surface area contributed by atoms with Gasteiger partial charge in [-0.05, 0) is 39.4 Å². The Kier molecular flexibility index (Phi) is 6.48. The van der Waals surface area contributed by atoms with E-state index in [1.165, 1.54) is 9.75 Å². The molecule has 0 aromatic carbocycles. The summed E-state index contributed by atoms with van der Waals surface area (Å²) >= 11 is 1.74. The number of carbonyl (C=O) groups excluding carboxylic acids is 1. The van der Waals surface area contributed by atoms with Crippen molar-refractivity contribution in [2.75, 3.05) is 20.1 Å². The van der Waals surface area contributed by atoms with E-state index in [2.05, 4.69) is 24.4 Å². The second-order valence-corrected chi connectivity index (χ2v) is 6.34. The van der Waals surface area contributed by atoms with Gasteiger partial charge in [0.15, 0.2) is 0 Å². The molecule has 0 aliphatic heterocycles. The molecule has 4 nitrogen and oxygen atoms in total. The summed E-state index contributed by atoms with van der Waals surface area (Å²) < 4.78 is 0. The minimum atomic E-state index is -0.0120. The van der Waals surface area contributed by atoms with E-state index in [9.17, 15) is 4.79 Å². The minimum absolute atomic E-state index is 0.0120. The Morgan fingerprint density at radius 3 is 2.68 bits per heavy atom. The van der Waals surface area contributed by atoms with Crippen LogP contribution < -0.4 is 11.1 Å². The highest BCUT2D eigenvalue weighted by Crippen LogP contribution is 2.28. The number of thiophene rings is 1. The Hall–Kier alpha value is -0.910. The second kappa shape index (κ2) is 7.62. The van der Waals surface area contributed by atoms with Crippen LogP contribution in [0.1, 0.15) is 36.1 Å². The number of likely N-dealkylation sites (N-methyl/N-ethyl adjacent to an activating group) is 1. The van der Waals surface area contributed by atoms with E-state index in [0.717, 1.165) is 13.0 Å². The van der Waals surface area contributed by atoms with E-state index in [1.54, 1.807) is 11.3 Å². The number of hydrogen-bond donors (Lipinski definition) is 2. The molecule has 2 unspecified atom stereocenters. The van der Waals surface area contributed by atoms with Gasteiger partial charge >= 0.3 is 0 Å². The van der Waals surface area contributed by atoms with Crippen LogP contribution in [0, 0.1) is 6.92 Å². The topological polar surface area (TPSA) is 58.4 Å². The normalized spacial score (nSPS) is 14.4. The Balaban J connectivity index is 2.69. The first-order valence-electron chi connectivity index (χ1n) is 6.74. The van der Waals surface area contributed by atoms with E-state index < -0.39 is 0 Å². The molecule has 0 saturated heterocycles. The number of hydrogen-bond acceptors (Lipinski definition) is 4. The Morgan fingerprint density at radius 2 is 2.21 bits per heavy atom. The Bertz CT molecular complexity index is 403. The monoisotopic (exact) mass is 283 g/mol. The molecule has 5 heteroatoms. The highest BCUT2D eigenvalue weighted by molar-refractivity contribution is 7.12. The smallest absolute Gasteiger partial charge is 0.234 e. The molecule has 19 heavy (non-hydrogen) atoms. The van der Waals surface area contributed by atoms with Gasteiger partial charge in [-0.2, -0.15) is 0 Å². The number of nitrogens with two attached hydrogens (primary N) is 1. The van der Waals surface area contributed by atoms with Crippen molar-refractivity contribution in [2.24, 2.45) is 5.73 Å². The largest absolute Gasteiger partial charge is 0.355 e. The summed E-state index contributed by atoms with van der Waals surface area (Å²) in [5, 5.41) is 2.90. The van der Waals surface area contributed by atoms with Crippen LogP contribution in [0.4, 0.5) is 0 Å². The average Bonchev–Trinajstić information content (AvgIpc) is 2.72. The minimum Gasteiger partial charge on any atom is -0.355 e. The number of amides is 1. The van der Waals surface area contributed by atoms with Crippen molar-refractivity contribution in [3.05, 3.63) is 21.9 Å². The molecule has 0 fully saturated rings. The van der Waals surface area contributed by atoms with Gasteiger partial charge < -0.3 is 11.1 Å². The van der Waals surface area contributed by atoms with Crippen LogP contribution in [0.15, 0.2) is 12.1 Å². The van der Waals surface area contributed by atoms with E-state index in [4.69, 9.17) is 5.73 Å². The van der Waals surface area contributed by atoms with Gasteiger partial charge in [-0.25, -0.2) is 0 Å². The lowest BCUT2D eigenvalue weighted by atomic mass is 10.1. The SMILES string of the molecule is CCCNC(=O)CN(C)C(c1ccc(C)s1)C(C)N. The fourth-order valence-electron chi connectivity index (χ4n) is 2.14. The lowest BCUT2D eigenvalue weighted by molar-refractivity contribution is -0.122. The van der Waals surface area contributed by atoms with Crippen molar-refractivity contribution in [3.8, 4) is 0 Å². The summed E-state index contributed by atoms with van der Waals surface area (Å²) in [5.74, 6) is 0.0586. The number of nitrogens with one attached hydrogen (secondary N) is 1. The van der Waals surface area contributed by atoms with Gasteiger partial charge in [0.05, 0.1) is 12.6 Å². The van der Waals surface area contributed by atoms with Gasteiger partial charge in [0.2, 0.25) is 5.91 Å². The summed E-state index contributed by atoms with van der Waals surface area (Å²) in [5.41, 5.74) is 6.09. The standard InChI is InChI=1S/C14H25N3OS/c1-5-8-16-13(18)9-17(4)14(11(3)15)12-7-6-10(2)19-12/h6-7,11,14H,5,8-9,15H2,1-4H3,(H,16,18). The molecule has 1 rings (SSSR count). The number of carbonyl (C=O) groups is 1. The lowest BCUT2D eigenvalue weighted by Crippen LogP contribution is -2.42. The van der Waals surface area contributed by atoms with Gasteiger partial charge in [-0.3, -0.25) is 9.69 Å². The molecule has 1 amide bonds. The molecular weight excluding hydrogens is 258 g/mol. The third kappa shape index (κ3) is 4.93. The summed E-state index contributed by atoms with van der Waals surface area (Å²) in [6, 6.07) is 4.28. The Morgan fingerprint density at radius 1 is 1.53 bits per heavy atom. The first-order valence-corrected chi connectivity index (χ1v) is 7.56. The van der Waals surface area contributed by atoms with Crippen molar-refractivity contribution in [1.29, 1.82) is 0 Å². The molecule has 2 atom stereocenters. The Labute approximate surface area is 120 Å². The quantitative estimate of drug-likeness (QED) is 0.803. The van der Waals surface area contributed by atoms with Crippen molar-refractivity contribution >= 4 is 17.2 Å². The first-order chi connectivity index (χ1) is 8.95. The molecule has 0 spiro atoms. The van der Waals surface area contributed by atoms with Crippen LogP contribution in [0.5, 0.6) is 0 Å². The van der Waals surface area contributed by atoms with Gasteiger partial charge in [0.25, 0.3) is 0 Å². The van der Waals surface area contributed by atoms with Crippen LogP contribution >= 0.6 is 11.3 Å². The molecule has 0 aliphatic carbocycles. The zero-order valence-corrected chi connectivity index (χ0v) is 13.1. The van der Waals surface area contributed by atoms with Gasteiger partial charge in [0.1, 0.15) is 0 Å². The predicted octanol–water partition coefficient (Wildman–Crippen LogP) is 1.90. The molecule has 3 N–H and O–H groups in total. The van der Waals surface area contributed by atoms with Crippen molar-refractivity contribution in [2.45, 2.75) is 39.3 Å². The molecule has 1 aromatic heterocycles. The fourth-order valence-corrected chi connectivity index (χ4v) is 3.29. The molecule has 0 aliphatic rings. The molecule has 0 radical (unpaired) electrons. The molecule has 0 bridgehead atoms. The van der Waals surface area contributed by atoms with Crippen molar-refractivity contribution < 1.29 is 4.79 Å². The summed E-state index contributed by atoms with van der Waals surface area (Å²) in [6.07, 6.45) is 0.955. The summed E-state index contributed by atoms with van der Waals surface area (Å²) in [6.45, 7) is 7.22. The third-order valence-electron chi connectivity index (χ3n) is 2.99. The lowest BCUT2D eigenvalue weighted by Gasteiger charge is -2.29. The molecule has 1 heterocycles. The van der Waals surface area contributed by atoms with E-state index in [-0.39, 0.29) is 18.0 Å². The van der Waals surface area contributed by atoms with Gasteiger partial charge in [0, 0.05) is 22.3 Å². The van der Waals surface area contributed by atoms with Crippen LogP contribution in [-0.4, -0.2) is 37.0 Å². The zero-order valence-electron chi connectivity index (χ0n) is 12.3. The second-order valence-electron chi connectivity index (χ2n) is 5.02. The predicted molar refractivity (Wildman–Crippen MR) is 81.4 cm³/mol. The van der Waals surface area contributed by atoms with E-state index in [0.29, 0.717) is 6.54 Å². The number of rotatable bonds is 7. The molecule has 108 valence electrons. The van der Waals surface area contributed by atoms with Crippen molar-refractivity contribution in [1.82, 2.24) is 10.2 Å². The fraction of sp³-hybridized carbons (Fsp3) is 0.643. The maximum absolute atomic E-state index is 11.8. The van der Waals surface area contributed by atoms with E-state index in [1.807, 2.05) is 25.8 Å². The maximum Gasteiger partial charge on any atom is 0.234 e. The third-order valence-corrected chi connectivity index (χ3v) is 4.06. The number of aryl methyl sites for hydroxylation is 1. The number of nitrogens with zero attached hydrogens (tertiary/aromatic N) is 1. The molecule has 1 aromatic rings. The van der Waals surface area contributed by atoms with Crippen LogP contribution in [-0.2, 0) is 4.79 Å². The molecular formula is C14H25N3OS. The highest BCUT2D eigenvalue weighted by Gasteiger charge is 2.24.